The quantitative estimate of drug-likeness (QED) is 0.720. The number of piperidine rings is 1. The Balaban J connectivity index is 1.54. The van der Waals surface area contributed by atoms with Gasteiger partial charge in [-0.3, -0.25) is 0 Å². The number of fused-ring (bicyclic) bond motifs is 4. The van der Waals surface area contributed by atoms with Gasteiger partial charge in [0.25, 0.3) is 0 Å². The van der Waals surface area contributed by atoms with Crippen molar-refractivity contribution in [3.8, 4) is 5.75 Å². The van der Waals surface area contributed by atoms with Gasteiger partial charge in [0.2, 0.25) is 5.72 Å². The van der Waals surface area contributed by atoms with Crippen LogP contribution in [0, 0.1) is 13.8 Å². The van der Waals surface area contributed by atoms with Gasteiger partial charge in [0.15, 0.2) is 0 Å². The number of nitrogens with zero attached hydrogens (tertiary/aromatic N) is 3. The van der Waals surface area contributed by atoms with Gasteiger partial charge in [0, 0.05) is 44.0 Å². The fraction of sp³-hybridized carbons (Fsp3) is 0.480. The number of aryl methyl sites for hydroxylation is 2. The van der Waals surface area contributed by atoms with Gasteiger partial charge in [-0.1, -0.05) is 47.5 Å². The van der Waals surface area contributed by atoms with E-state index in [0.717, 1.165) is 38.1 Å². The molecule has 5 rings (SSSR count). The van der Waals surface area contributed by atoms with Crippen molar-refractivity contribution < 1.29 is 4.74 Å². The van der Waals surface area contributed by atoms with Gasteiger partial charge in [-0.25, -0.2) is 5.01 Å². The Labute approximate surface area is 174 Å². The average Bonchev–Trinajstić information content (AvgIpc) is 3.16. The number of rotatable bonds is 2. The highest BCUT2D eigenvalue weighted by Crippen LogP contribution is 2.50. The predicted octanol–water partition coefficient (Wildman–Crippen LogP) is 5.05. The lowest BCUT2D eigenvalue weighted by Crippen LogP contribution is -2.59. The Morgan fingerprint density at radius 2 is 1.69 bits per heavy atom. The maximum absolute atomic E-state index is 6.75. The standard InChI is InChI=1S/C25H31N3O/c1-17(2)27-13-11-25(12-14-27)28-23(21-15-19(4)7-10-24(21)29-25)16-22(26-28)20-8-5-18(3)6-9-20/h5-10,15,17,23H,11-14,16H2,1-4H3/t23-/m1/s1. The Morgan fingerprint density at radius 3 is 2.38 bits per heavy atom. The molecule has 1 spiro atoms. The molecule has 0 radical (unpaired) electrons. The summed E-state index contributed by atoms with van der Waals surface area (Å²) in [7, 11) is 0. The molecule has 2 aromatic rings. The van der Waals surface area contributed by atoms with Crippen LogP contribution in [-0.2, 0) is 0 Å². The third-order valence-corrected chi connectivity index (χ3v) is 6.85. The highest BCUT2D eigenvalue weighted by molar-refractivity contribution is 6.02. The van der Waals surface area contributed by atoms with E-state index in [-0.39, 0.29) is 11.8 Å². The molecule has 29 heavy (non-hydrogen) atoms. The number of hydrogen-bond donors (Lipinski definition) is 0. The Bertz CT molecular complexity index is 939. The van der Waals surface area contributed by atoms with E-state index in [2.05, 4.69) is 80.1 Å². The molecule has 0 aliphatic carbocycles. The largest absolute Gasteiger partial charge is 0.466 e. The van der Waals surface area contributed by atoms with E-state index < -0.39 is 0 Å². The molecule has 0 bridgehead atoms. The zero-order chi connectivity index (χ0) is 20.2. The fourth-order valence-corrected chi connectivity index (χ4v) is 5.04. The van der Waals surface area contributed by atoms with Crippen LogP contribution < -0.4 is 4.74 Å². The smallest absolute Gasteiger partial charge is 0.200 e. The molecule has 0 N–H and O–H groups in total. The van der Waals surface area contributed by atoms with Crippen LogP contribution in [0.5, 0.6) is 5.75 Å². The van der Waals surface area contributed by atoms with Crippen LogP contribution in [0.3, 0.4) is 0 Å². The zero-order valence-corrected chi connectivity index (χ0v) is 18.0. The van der Waals surface area contributed by atoms with Crippen molar-refractivity contribution in [2.75, 3.05) is 13.1 Å². The number of hydrogen-bond acceptors (Lipinski definition) is 4. The second kappa shape index (κ2) is 6.88. The predicted molar refractivity (Wildman–Crippen MR) is 117 cm³/mol. The summed E-state index contributed by atoms with van der Waals surface area (Å²) in [5.74, 6) is 1.05. The second-order valence-corrected chi connectivity index (χ2v) is 9.20. The van der Waals surface area contributed by atoms with Gasteiger partial charge >= 0.3 is 0 Å². The number of ether oxygens (including phenoxy) is 1. The fourth-order valence-electron chi connectivity index (χ4n) is 5.04. The van der Waals surface area contributed by atoms with Gasteiger partial charge < -0.3 is 9.64 Å². The lowest BCUT2D eigenvalue weighted by molar-refractivity contribution is -0.152. The summed E-state index contributed by atoms with van der Waals surface area (Å²) in [6.45, 7) is 11.0. The van der Waals surface area contributed by atoms with Crippen molar-refractivity contribution in [1.29, 1.82) is 0 Å². The summed E-state index contributed by atoms with van der Waals surface area (Å²) >= 11 is 0. The first-order valence-electron chi connectivity index (χ1n) is 10.9. The molecule has 4 heteroatoms. The van der Waals surface area contributed by atoms with Crippen LogP contribution in [0.1, 0.15) is 61.4 Å². The van der Waals surface area contributed by atoms with Crippen molar-refractivity contribution in [2.24, 2.45) is 5.10 Å². The van der Waals surface area contributed by atoms with Crippen LogP contribution in [0.25, 0.3) is 0 Å². The first-order chi connectivity index (χ1) is 13.9. The number of hydrazone groups is 1. The topological polar surface area (TPSA) is 28.1 Å². The van der Waals surface area contributed by atoms with E-state index in [1.807, 2.05) is 0 Å². The molecule has 3 aliphatic heterocycles. The van der Waals surface area contributed by atoms with Crippen LogP contribution in [-0.4, -0.2) is 40.5 Å². The second-order valence-electron chi connectivity index (χ2n) is 9.20. The summed E-state index contributed by atoms with van der Waals surface area (Å²) in [6.07, 6.45) is 2.91. The van der Waals surface area contributed by atoms with Gasteiger partial charge in [-0.05, 0) is 39.3 Å². The van der Waals surface area contributed by atoms with E-state index in [1.54, 1.807) is 0 Å². The van der Waals surface area contributed by atoms with E-state index in [9.17, 15) is 0 Å². The van der Waals surface area contributed by atoms with Crippen molar-refractivity contribution in [3.05, 3.63) is 64.7 Å². The molecule has 0 unspecified atom stereocenters. The van der Waals surface area contributed by atoms with E-state index in [4.69, 9.17) is 9.84 Å². The summed E-state index contributed by atoms with van der Waals surface area (Å²) in [4.78, 5) is 2.55. The first kappa shape index (κ1) is 18.7. The Kier molecular flexibility index (Phi) is 4.43. The summed E-state index contributed by atoms with van der Waals surface area (Å²) < 4.78 is 6.75. The van der Waals surface area contributed by atoms with Crippen LogP contribution in [0.4, 0.5) is 0 Å². The van der Waals surface area contributed by atoms with Crippen molar-refractivity contribution >= 4 is 5.71 Å². The molecular formula is C25H31N3O. The zero-order valence-electron chi connectivity index (χ0n) is 18.0. The molecular weight excluding hydrogens is 358 g/mol. The minimum Gasteiger partial charge on any atom is -0.466 e. The highest BCUT2D eigenvalue weighted by atomic mass is 16.5. The number of likely N-dealkylation sites (tertiary alicyclic amines) is 1. The van der Waals surface area contributed by atoms with Crippen molar-refractivity contribution in [2.45, 2.75) is 64.8 Å². The molecule has 1 atom stereocenters. The molecule has 2 aromatic carbocycles. The average molecular weight is 390 g/mol. The maximum Gasteiger partial charge on any atom is 0.200 e. The lowest BCUT2D eigenvalue weighted by atomic mass is 9.89. The Hall–Kier alpha value is -2.33. The maximum atomic E-state index is 6.75. The summed E-state index contributed by atoms with van der Waals surface area (Å²) in [6, 6.07) is 16.2. The van der Waals surface area contributed by atoms with Crippen LogP contribution in [0.15, 0.2) is 47.6 Å². The minimum atomic E-state index is -0.329. The SMILES string of the molecule is Cc1ccc(C2=NN3[C@H](C2)c2cc(C)ccc2OC32CCN(C(C)C)CC2)cc1. The molecule has 3 aliphatic rings. The molecule has 4 nitrogen and oxygen atoms in total. The van der Waals surface area contributed by atoms with E-state index >= 15 is 0 Å². The van der Waals surface area contributed by atoms with Crippen LogP contribution >= 0.6 is 0 Å². The third kappa shape index (κ3) is 3.14. The highest BCUT2D eigenvalue weighted by Gasteiger charge is 2.51. The Morgan fingerprint density at radius 1 is 1.00 bits per heavy atom. The van der Waals surface area contributed by atoms with Crippen molar-refractivity contribution in [1.82, 2.24) is 9.91 Å². The molecule has 152 valence electrons. The number of benzene rings is 2. The van der Waals surface area contributed by atoms with Gasteiger partial charge in [-0.2, -0.15) is 5.10 Å². The van der Waals surface area contributed by atoms with Gasteiger partial charge in [0.05, 0.1) is 11.8 Å². The first-order valence-corrected chi connectivity index (χ1v) is 10.9. The van der Waals surface area contributed by atoms with Gasteiger partial charge in [-0.15, -0.1) is 0 Å². The summed E-state index contributed by atoms with van der Waals surface area (Å²) in [5.41, 5.74) is 5.93. The molecule has 3 heterocycles. The normalized spacial score (nSPS) is 23.0. The van der Waals surface area contributed by atoms with Gasteiger partial charge in [0.1, 0.15) is 5.75 Å². The molecule has 0 saturated carbocycles. The molecule has 1 fully saturated rings. The molecule has 0 aromatic heterocycles. The third-order valence-electron chi connectivity index (χ3n) is 6.85. The lowest BCUT2D eigenvalue weighted by Gasteiger charge is -2.51. The minimum absolute atomic E-state index is 0.264. The van der Waals surface area contributed by atoms with E-state index in [1.165, 1.54) is 28.0 Å². The monoisotopic (exact) mass is 389 g/mol. The van der Waals surface area contributed by atoms with Crippen LogP contribution in [0.2, 0.25) is 0 Å². The molecule has 0 amide bonds. The van der Waals surface area contributed by atoms with E-state index in [0.29, 0.717) is 6.04 Å². The molecule has 1 saturated heterocycles. The van der Waals surface area contributed by atoms with Crippen molar-refractivity contribution in [3.63, 3.8) is 0 Å². The summed E-state index contributed by atoms with van der Waals surface area (Å²) in [5, 5.41) is 7.51.